The Morgan fingerprint density at radius 1 is 0.917 bits per heavy atom. The van der Waals surface area contributed by atoms with E-state index in [-0.39, 0.29) is 16.5 Å². The van der Waals surface area contributed by atoms with E-state index in [9.17, 15) is 18.0 Å². The summed E-state index contributed by atoms with van der Waals surface area (Å²) in [4.78, 5) is 23.0. The van der Waals surface area contributed by atoms with Crippen LogP contribution in [0.2, 0.25) is 0 Å². The number of nitrogens with one attached hydrogen (secondary N) is 1. The van der Waals surface area contributed by atoms with Crippen molar-refractivity contribution >= 4 is 33.2 Å². The predicted octanol–water partition coefficient (Wildman–Crippen LogP) is 2.70. The summed E-state index contributed by atoms with van der Waals surface area (Å²) in [6, 6.07) is 12.3. The van der Waals surface area contributed by atoms with Gasteiger partial charge in [-0.05, 0) is 43.3 Å². The first-order chi connectivity index (χ1) is 11.2. The largest absolute Gasteiger partial charge is 0.326 e. The summed E-state index contributed by atoms with van der Waals surface area (Å²) >= 11 is 0. The maximum Gasteiger partial charge on any atom is 0.270 e. The van der Waals surface area contributed by atoms with Crippen molar-refractivity contribution in [2.75, 3.05) is 9.62 Å². The number of hydrogen-bond acceptors (Lipinski definition) is 4. The SMILES string of the molecule is CC(=O)Nc1ccc(N(C(C)=O)S(=O)(=O)c2ccc(C)cc2)cc1. The lowest BCUT2D eigenvalue weighted by molar-refractivity contribution is -0.115. The summed E-state index contributed by atoms with van der Waals surface area (Å²) in [6.07, 6.45) is 0. The quantitative estimate of drug-likeness (QED) is 0.922. The molecule has 2 aromatic rings. The van der Waals surface area contributed by atoms with Crippen LogP contribution in [0.1, 0.15) is 19.4 Å². The zero-order valence-electron chi connectivity index (χ0n) is 13.6. The lowest BCUT2D eigenvalue weighted by Crippen LogP contribution is -2.35. The van der Waals surface area contributed by atoms with Crippen LogP contribution < -0.4 is 9.62 Å². The topological polar surface area (TPSA) is 83.6 Å². The molecular formula is C17H18N2O4S. The van der Waals surface area contributed by atoms with Crippen LogP contribution >= 0.6 is 0 Å². The van der Waals surface area contributed by atoms with Gasteiger partial charge in [0.25, 0.3) is 10.0 Å². The third kappa shape index (κ3) is 3.80. The van der Waals surface area contributed by atoms with Gasteiger partial charge < -0.3 is 5.32 Å². The molecule has 126 valence electrons. The molecule has 0 saturated heterocycles. The minimum absolute atomic E-state index is 0.0363. The van der Waals surface area contributed by atoms with Gasteiger partial charge in [-0.2, -0.15) is 0 Å². The molecule has 0 radical (unpaired) electrons. The van der Waals surface area contributed by atoms with Gasteiger partial charge in [0, 0.05) is 19.5 Å². The van der Waals surface area contributed by atoms with Gasteiger partial charge >= 0.3 is 0 Å². The Hall–Kier alpha value is -2.67. The van der Waals surface area contributed by atoms with Crippen LogP contribution in [-0.2, 0) is 19.6 Å². The second-order valence-electron chi connectivity index (χ2n) is 5.33. The van der Waals surface area contributed by atoms with Gasteiger partial charge in [-0.3, -0.25) is 9.59 Å². The van der Waals surface area contributed by atoms with Crippen LogP contribution in [0.5, 0.6) is 0 Å². The number of anilines is 2. The number of rotatable bonds is 4. The highest BCUT2D eigenvalue weighted by atomic mass is 32.2. The van der Waals surface area contributed by atoms with Gasteiger partial charge in [-0.25, -0.2) is 12.7 Å². The lowest BCUT2D eigenvalue weighted by Gasteiger charge is -2.21. The summed E-state index contributed by atoms with van der Waals surface area (Å²) in [5, 5.41) is 2.58. The van der Waals surface area contributed by atoms with E-state index in [1.807, 2.05) is 6.92 Å². The van der Waals surface area contributed by atoms with Crippen molar-refractivity contribution in [2.24, 2.45) is 0 Å². The van der Waals surface area contributed by atoms with Crippen molar-refractivity contribution in [1.82, 2.24) is 0 Å². The molecule has 2 amide bonds. The fourth-order valence-electron chi connectivity index (χ4n) is 2.19. The standard InChI is InChI=1S/C17H18N2O4S/c1-12-4-10-17(11-5-12)24(22,23)19(14(3)21)16-8-6-15(7-9-16)18-13(2)20/h4-11H,1-3H3,(H,18,20). The zero-order valence-corrected chi connectivity index (χ0v) is 14.4. The van der Waals surface area contributed by atoms with Crippen molar-refractivity contribution in [3.63, 3.8) is 0 Å². The highest BCUT2D eigenvalue weighted by Crippen LogP contribution is 2.25. The molecule has 2 rings (SSSR count). The number of carbonyl (C=O) groups is 2. The highest BCUT2D eigenvalue weighted by molar-refractivity contribution is 7.93. The average Bonchev–Trinajstić information content (AvgIpc) is 2.48. The molecule has 0 aromatic heterocycles. The summed E-state index contributed by atoms with van der Waals surface area (Å²) in [5.74, 6) is -0.860. The van der Waals surface area contributed by atoms with Gasteiger partial charge in [-0.15, -0.1) is 0 Å². The zero-order chi connectivity index (χ0) is 17.9. The first-order valence-electron chi connectivity index (χ1n) is 7.22. The smallest absolute Gasteiger partial charge is 0.270 e. The third-order valence-electron chi connectivity index (χ3n) is 3.27. The summed E-state index contributed by atoms with van der Waals surface area (Å²) < 4.78 is 26.3. The molecular weight excluding hydrogens is 328 g/mol. The molecule has 0 fully saturated rings. The Bertz CT molecular complexity index is 856. The molecule has 0 unspecified atom stereocenters. The summed E-state index contributed by atoms with van der Waals surface area (Å²) in [7, 11) is -4.01. The van der Waals surface area contributed by atoms with Crippen LogP contribution in [0.15, 0.2) is 53.4 Å². The minimum atomic E-state index is -4.01. The molecule has 0 spiro atoms. The average molecular weight is 346 g/mol. The maximum absolute atomic E-state index is 12.8. The van der Waals surface area contributed by atoms with Gasteiger partial charge in [0.05, 0.1) is 10.6 Å². The van der Waals surface area contributed by atoms with E-state index in [0.29, 0.717) is 5.69 Å². The Kier molecular flexibility index (Phi) is 5.04. The van der Waals surface area contributed by atoms with Gasteiger partial charge in [-0.1, -0.05) is 17.7 Å². The first kappa shape index (κ1) is 17.7. The predicted molar refractivity (Wildman–Crippen MR) is 92.3 cm³/mol. The minimum Gasteiger partial charge on any atom is -0.326 e. The Morgan fingerprint density at radius 2 is 1.46 bits per heavy atom. The Morgan fingerprint density at radius 3 is 1.92 bits per heavy atom. The molecule has 0 saturated carbocycles. The first-order valence-corrected chi connectivity index (χ1v) is 8.66. The van der Waals surface area contributed by atoms with E-state index in [1.165, 1.54) is 50.2 Å². The Labute approximate surface area is 141 Å². The second-order valence-corrected chi connectivity index (χ2v) is 7.12. The van der Waals surface area contributed by atoms with Crippen molar-refractivity contribution < 1.29 is 18.0 Å². The second kappa shape index (κ2) is 6.84. The molecule has 0 aliphatic heterocycles. The summed E-state index contributed by atoms with van der Waals surface area (Å²) in [6.45, 7) is 4.41. The number of benzene rings is 2. The van der Waals surface area contributed by atoms with Crippen LogP contribution in [0.4, 0.5) is 11.4 Å². The van der Waals surface area contributed by atoms with E-state index >= 15 is 0 Å². The molecule has 1 N–H and O–H groups in total. The van der Waals surface area contributed by atoms with E-state index < -0.39 is 15.9 Å². The highest BCUT2D eigenvalue weighted by Gasteiger charge is 2.28. The third-order valence-corrected chi connectivity index (χ3v) is 5.08. The molecule has 7 heteroatoms. The molecule has 6 nitrogen and oxygen atoms in total. The molecule has 24 heavy (non-hydrogen) atoms. The van der Waals surface area contributed by atoms with Gasteiger partial charge in [0.15, 0.2) is 0 Å². The molecule has 2 aromatic carbocycles. The van der Waals surface area contributed by atoms with Crippen molar-refractivity contribution in [3.8, 4) is 0 Å². The molecule has 0 heterocycles. The van der Waals surface area contributed by atoms with Crippen LogP contribution in [-0.4, -0.2) is 20.2 Å². The van der Waals surface area contributed by atoms with E-state index in [4.69, 9.17) is 0 Å². The van der Waals surface area contributed by atoms with Crippen molar-refractivity contribution in [3.05, 3.63) is 54.1 Å². The normalized spacial score (nSPS) is 11.0. The Balaban J connectivity index is 2.44. The molecule has 0 aliphatic carbocycles. The van der Waals surface area contributed by atoms with E-state index in [0.717, 1.165) is 9.87 Å². The summed E-state index contributed by atoms with van der Waals surface area (Å²) in [5.41, 5.74) is 1.64. The number of sulfonamides is 1. The van der Waals surface area contributed by atoms with Gasteiger partial charge in [0.2, 0.25) is 11.8 Å². The fraction of sp³-hybridized carbons (Fsp3) is 0.176. The number of carbonyl (C=O) groups excluding carboxylic acids is 2. The fourth-order valence-corrected chi connectivity index (χ4v) is 3.62. The van der Waals surface area contributed by atoms with Gasteiger partial charge in [0.1, 0.15) is 0 Å². The number of aryl methyl sites for hydroxylation is 1. The van der Waals surface area contributed by atoms with E-state index in [2.05, 4.69) is 5.32 Å². The molecule has 0 aliphatic rings. The van der Waals surface area contributed by atoms with Crippen LogP contribution in [0, 0.1) is 6.92 Å². The maximum atomic E-state index is 12.8. The monoisotopic (exact) mass is 346 g/mol. The molecule has 0 bridgehead atoms. The van der Waals surface area contributed by atoms with Crippen molar-refractivity contribution in [2.45, 2.75) is 25.7 Å². The lowest BCUT2D eigenvalue weighted by atomic mass is 10.2. The molecule has 0 atom stereocenters. The van der Waals surface area contributed by atoms with E-state index in [1.54, 1.807) is 12.1 Å². The number of hydrogen-bond donors (Lipinski definition) is 1. The van der Waals surface area contributed by atoms with Crippen molar-refractivity contribution in [1.29, 1.82) is 0 Å². The number of amides is 2. The number of nitrogens with zero attached hydrogens (tertiary/aromatic N) is 1. The van der Waals surface area contributed by atoms with Crippen LogP contribution in [0.3, 0.4) is 0 Å². The van der Waals surface area contributed by atoms with Crippen LogP contribution in [0.25, 0.3) is 0 Å².